The van der Waals surface area contributed by atoms with Crippen molar-refractivity contribution in [3.8, 4) is 0 Å². The van der Waals surface area contributed by atoms with Gasteiger partial charge in [0.2, 0.25) is 0 Å². The van der Waals surface area contributed by atoms with Crippen molar-refractivity contribution in [1.29, 1.82) is 0 Å². The Morgan fingerprint density at radius 1 is 0.327 bits per heavy atom. The van der Waals surface area contributed by atoms with Gasteiger partial charge >= 0.3 is 19.8 Å². The van der Waals surface area contributed by atoms with Gasteiger partial charge in [0, 0.05) is 12.8 Å². The van der Waals surface area contributed by atoms with Crippen molar-refractivity contribution in [2.24, 2.45) is 0 Å². The number of unbranched alkanes of at least 4 members (excludes halogenated alkanes) is 42. The van der Waals surface area contributed by atoms with Crippen molar-refractivity contribution in [1.82, 2.24) is 0 Å². The summed E-state index contributed by atoms with van der Waals surface area (Å²) in [5.74, 6) is -0.792. The van der Waals surface area contributed by atoms with Crippen LogP contribution in [0.5, 0.6) is 0 Å². The summed E-state index contributed by atoms with van der Waals surface area (Å²) in [6.07, 6.45) is 112. The molecular formula is C88H157NO8P+. The van der Waals surface area contributed by atoms with Crippen molar-refractivity contribution < 1.29 is 42.1 Å². The Balaban J connectivity index is 3.96. The monoisotopic (exact) mass is 1390 g/mol. The number of allylic oxidation sites excluding steroid dienone is 20. The summed E-state index contributed by atoms with van der Waals surface area (Å²) in [5, 5.41) is 0. The molecule has 2 unspecified atom stereocenters. The molecule has 0 aliphatic rings. The van der Waals surface area contributed by atoms with Crippen LogP contribution in [-0.4, -0.2) is 74.9 Å². The highest BCUT2D eigenvalue weighted by Crippen LogP contribution is 2.43. The molecule has 10 heteroatoms. The van der Waals surface area contributed by atoms with Crippen molar-refractivity contribution >= 4 is 19.8 Å². The molecule has 0 aromatic heterocycles. The molecule has 2 atom stereocenters. The standard InChI is InChI=1S/C88H156NO8P/c1-6-8-10-12-14-16-18-20-22-24-26-28-30-32-34-36-38-40-42-43-44-45-47-48-50-52-54-56-58-60-62-64-66-68-70-72-74-76-78-80-87(90)94-84-86(85-96-98(92,93)95-83-82-89(3,4)5)97-88(91)81-79-77-75-73-71-69-67-65-63-61-59-57-55-53-51-49-46-41-39-37-35-33-31-29-27-25-23-21-19-17-15-13-11-9-7-2/h9,11,15,17-18,20-21,23-24,26-27,29,33,35,39,41,49,51,55,57,86H,6-8,10,12-14,16,19,22,25,28,30-32,34,36-38,40,42-48,50,52-54,56,58-85H2,1-5H3/p+1/b11-9-,17-15-,20-18-,23-21-,26-24-,29-27-,35-33-,41-39-,51-49-,57-55-. The third-order valence-electron chi connectivity index (χ3n) is 18.0. The molecule has 0 aromatic carbocycles. The second-order valence-corrected chi connectivity index (χ2v) is 30.2. The van der Waals surface area contributed by atoms with Gasteiger partial charge in [0.05, 0.1) is 27.7 Å². The Labute approximate surface area is 607 Å². The van der Waals surface area contributed by atoms with Gasteiger partial charge in [0.25, 0.3) is 0 Å². The van der Waals surface area contributed by atoms with Crippen LogP contribution in [0.2, 0.25) is 0 Å². The molecule has 0 spiro atoms. The molecule has 0 heterocycles. The summed E-state index contributed by atoms with van der Waals surface area (Å²) in [6.45, 7) is 4.34. The minimum atomic E-state index is -4.40. The number of quaternary nitrogens is 1. The third kappa shape index (κ3) is 81.4. The fraction of sp³-hybridized carbons (Fsp3) is 0.750. The van der Waals surface area contributed by atoms with E-state index < -0.39 is 26.5 Å². The average Bonchev–Trinajstić information content (AvgIpc) is 1.08. The second-order valence-electron chi connectivity index (χ2n) is 28.8. The maximum atomic E-state index is 12.9. The fourth-order valence-corrected chi connectivity index (χ4v) is 12.5. The van der Waals surface area contributed by atoms with Crippen molar-refractivity contribution in [3.05, 3.63) is 122 Å². The Morgan fingerprint density at radius 2 is 0.582 bits per heavy atom. The van der Waals surface area contributed by atoms with E-state index in [2.05, 4.69) is 135 Å². The van der Waals surface area contributed by atoms with E-state index in [1.807, 2.05) is 21.1 Å². The molecular weight excluding hydrogens is 1230 g/mol. The van der Waals surface area contributed by atoms with Crippen LogP contribution in [0.15, 0.2) is 122 Å². The van der Waals surface area contributed by atoms with E-state index in [1.165, 1.54) is 238 Å². The highest BCUT2D eigenvalue weighted by molar-refractivity contribution is 7.47. The van der Waals surface area contributed by atoms with Gasteiger partial charge in [-0.25, -0.2) is 4.57 Å². The maximum Gasteiger partial charge on any atom is 0.472 e. The summed E-state index contributed by atoms with van der Waals surface area (Å²) in [7, 11) is 1.48. The number of hydrogen-bond donors (Lipinski definition) is 1. The van der Waals surface area contributed by atoms with E-state index >= 15 is 0 Å². The molecule has 0 rings (SSSR count). The van der Waals surface area contributed by atoms with Crippen molar-refractivity contribution in [2.45, 2.75) is 380 Å². The first-order valence-electron chi connectivity index (χ1n) is 41.3. The Hall–Kier alpha value is -3.59. The number of esters is 2. The lowest BCUT2D eigenvalue weighted by Crippen LogP contribution is -2.37. The summed E-state index contributed by atoms with van der Waals surface area (Å²) in [4.78, 5) is 36.0. The summed E-state index contributed by atoms with van der Waals surface area (Å²) < 4.78 is 34.8. The summed E-state index contributed by atoms with van der Waals surface area (Å²) in [6, 6.07) is 0. The number of ether oxygens (including phenoxy) is 2. The molecule has 0 aliphatic carbocycles. The van der Waals surface area contributed by atoms with Gasteiger partial charge in [-0.15, -0.1) is 0 Å². The van der Waals surface area contributed by atoms with Crippen LogP contribution in [0.25, 0.3) is 0 Å². The zero-order chi connectivity index (χ0) is 71.1. The minimum Gasteiger partial charge on any atom is -0.462 e. The molecule has 9 nitrogen and oxygen atoms in total. The molecule has 98 heavy (non-hydrogen) atoms. The Morgan fingerprint density at radius 3 is 0.867 bits per heavy atom. The van der Waals surface area contributed by atoms with Crippen molar-refractivity contribution in [3.63, 3.8) is 0 Å². The molecule has 0 amide bonds. The first-order chi connectivity index (χ1) is 48.0. The number of phosphoric acid groups is 1. The van der Waals surface area contributed by atoms with E-state index in [4.69, 9.17) is 18.5 Å². The predicted octanol–water partition coefficient (Wildman–Crippen LogP) is 27.7. The number of carbonyl (C=O) groups is 2. The SMILES string of the molecule is CC/C=C\C/C=C\C/C=C\C/C=C\C/C=C\C/C=C\C/C=C\C/C=C\CCCCCCCCCCCCC(=O)OC(COC(=O)CCCCCCCCCCCCCCCCCCCCCCCCCCCCC/C=C\C/C=C\CCCCCCC)COP(=O)(O)OCC[N+](C)(C)C. The van der Waals surface area contributed by atoms with Gasteiger partial charge in [0.15, 0.2) is 6.10 Å². The number of rotatable bonds is 76. The second kappa shape index (κ2) is 77.6. The van der Waals surface area contributed by atoms with E-state index in [-0.39, 0.29) is 32.0 Å². The Kier molecular flexibility index (Phi) is 74.7. The van der Waals surface area contributed by atoms with Gasteiger partial charge in [-0.05, 0) is 109 Å². The topological polar surface area (TPSA) is 108 Å². The molecule has 0 saturated carbocycles. The highest BCUT2D eigenvalue weighted by atomic mass is 31.2. The van der Waals surface area contributed by atoms with Crippen LogP contribution < -0.4 is 0 Å². The molecule has 0 bridgehead atoms. The predicted molar refractivity (Wildman–Crippen MR) is 427 cm³/mol. The minimum absolute atomic E-state index is 0.0277. The number of nitrogens with zero attached hydrogens (tertiary/aromatic N) is 1. The molecule has 0 saturated heterocycles. The molecule has 0 aromatic rings. The van der Waals surface area contributed by atoms with Crippen LogP contribution >= 0.6 is 7.82 Å². The van der Waals surface area contributed by atoms with E-state index in [0.717, 1.165) is 103 Å². The zero-order valence-electron chi connectivity index (χ0n) is 64.8. The first kappa shape index (κ1) is 94.4. The Bertz CT molecular complexity index is 2070. The lowest BCUT2D eigenvalue weighted by molar-refractivity contribution is -0.870. The number of likely N-dealkylation sites (N-methyl/N-ethyl adjacent to an activating group) is 1. The average molecular weight is 1390 g/mol. The van der Waals surface area contributed by atoms with Crippen LogP contribution in [0.3, 0.4) is 0 Å². The smallest absolute Gasteiger partial charge is 0.462 e. The molecule has 1 N–H and O–H groups in total. The highest BCUT2D eigenvalue weighted by Gasteiger charge is 2.27. The lowest BCUT2D eigenvalue weighted by atomic mass is 10.0. The first-order valence-corrected chi connectivity index (χ1v) is 42.8. The zero-order valence-corrected chi connectivity index (χ0v) is 65.6. The van der Waals surface area contributed by atoms with E-state index in [1.54, 1.807) is 0 Å². The van der Waals surface area contributed by atoms with Gasteiger partial charge in [-0.3, -0.25) is 18.6 Å². The largest absolute Gasteiger partial charge is 0.472 e. The van der Waals surface area contributed by atoms with Crippen LogP contribution in [0.1, 0.15) is 373 Å². The van der Waals surface area contributed by atoms with E-state index in [0.29, 0.717) is 17.4 Å². The summed E-state index contributed by atoms with van der Waals surface area (Å²) >= 11 is 0. The number of carbonyl (C=O) groups excluding carboxylic acids is 2. The molecule has 0 fully saturated rings. The van der Waals surface area contributed by atoms with Crippen LogP contribution in [0.4, 0.5) is 0 Å². The molecule has 0 aliphatic heterocycles. The van der Waals surface area contributed by atoms with Crippen LogP contribution in [0, 0.1) is 0 Å². The quantitative estimate of drug-likeness (QED) is 0.0211. The molecule has 566 valence electrons. The van der Waals surface area contributed by atoms with Gasteiger partial charge in [-0.1, -0.05) is 373 Å². The van der Waals surface area contributed by atoms with Crippen LogP contribution in [-0.2, 0) is 32.7 Å². The van der Waals surface area contributed by atoms with E-state index in [9.17, 15) is 19.0 Å². The number of phosphoric ester groups is 1. The lowest BCUT2D eigenvalue weighted by Gasteiger charge is -2.24. The molecule has 0 radical (unpaired) electrons. The maximum absolute atomic E-state index is 12.9. The third-order valence-corrected chi connectivity index (χ3v) is 19.0. The summed E-state index contributed by atoms with van der Waals surface area (Å²) in [5.41, 5.74) is 0. The van der Waals surface area contributed by atoms with Gasteiger partial charge in [0.1, 0.15) is 19.8 Å². The fourth-order valence-electron chi connectivity index (χ4n) is 11.7. The number of hydrogen-bond acceptors (Lipinski definition) is 7. The van der Waals surface area contributed by atoms with Crippen molar-refractivity contribution in [2.75, 3.05) is 47.5 Å². The van der Waals surface area contributed by atoms with Gasteiger partial charge < -0.3 is 18.9 Å². The normalized spacial score (nSPS) is 13.7. The van der Waals surface area contributed by atoms with Gasteiger partial charge in [-0.2, -0.15) is 0 Å².